The molecule has 1 unspecified atom stereocenters. The average molecular weight is 357 g/mol. The monoisotopic (exact) mass is 355 g/mol. The van der Waals surface area contributed by atoms with E-state index in [0.717, 1.165) is 7.57 Å². The number of aliphatic hydroxyl groups is 1. The minimum atomic E-state index is -0.514. The number of hydrogen-bond donors (Lipinski definition) is 1. The van der Waals surface area contributed by atoms with Crippen LogP contribution in [0, 0.1) is 0 Å². The van der Waals surface area contributed by atoms with E-state index in [2.05, 4.69) is 31.9 Å². The van der Waals surface area contributed by atoms with Crippen LogP contribution in [0.3, 0.4) is 0 Å². The normalized spacial score (nSPS) is 12.6. The van der Waals surface area contributed by atoms with Crippen molar-refractivity contribution in [3.8, 4) is 0 Å². The Hall–Kier alpha value is 0.0900. The SMILES string of the molecule is CC(O)CN(C)C(=O)c1cc(Br)sc1Br. The molecule has 0 spiro atoms. The molecule has 0 fully saturated rings. The Morgan fingerprint density at radius 2 is 2.27 bits per heavy atom. The molecule has 1 amide bonds. The summed E-state index contributed by atoms with van der Waals surface area (Å²) in [7, 11) is 1.67. The molecule has 1 N–H and O–H groups in total. The van der Waals surface area contributed by atoms with Crippen molar-refractivity contribution in [3.05, 3.63) is 19.2 Å². The third kappa shape index (κ3) is 3.55. The molecule has 1 aromatic rings. The number of amides is 1. The van der Waals surface area contributed by atoms with Gasteiger partial charge in [-0.25, -0.2) is 0 Å². The topological polar surface area (TPSA) is 40.5 Å². The van der Waals surface area contributed by atoms with Gasteiger partial charge in [0.2, 0.25) is 0 Å². The molecule has 0 aliphatic rings. The molecule has 0 saturated carbocycles. The molecule has 0 aromatic carbocycles. The van der Waals surface area contributed by atoms with Crippen LogP contribution in [0.25, 0.3) is 0 Å². The minimum Gasteiger partial charge on any atom is -0.392 e. The zero-order valence-electron chi connectivity index (χ0n) is 8.33. The Balaban J connectivity index is 2.80. The van der Waals surface area contributed by atoms with Crippen LogP contribution < -0.4 is 0 Å². The summed E-state index contributed by atoms with van der Waals surface area (Å²) in [5.41, 5.74) is 0.620. The van der Waals surface area contributed by atoms with Gasteiger partial charge in [0.15, 0.2) is 0 Å². The summed E-state index contributed by atoms with van der Waals surface area (Å²) in [6.07, 6.45) is -0.514. The number of rotatable bonds is 3. The van der Waals surface area contributed by atoms with Crippen molar-refractivity contribution in [2.24, 2.45) is 0 Å². The second-order valence-corrected chi connectivity index (χ2v) is 7.02. The first kappa shape index (κ1) is 13.2. The Morgan fingerprint density at radius 3 is 2.67 bits per heavy atom. The summed E-state index contributed by atoms with van der Waals surface area (Å²) in [6.45, 7) is 1.99. The van der Waals surface area contributed by atoms with Gasteiger partial charge in [0.25, 0.3) is 5.91 Å². The molecule has 1 rings (SSSR count). The minimum absolute atomic E-state index is 0.0928. The highest BCUT2D eigenvalue weighted by atomic mass is 79.9. The second-order valence-electron chi connectivity index (χ2n) is 3.27. The van der Waals surface area contributed by atoms with Gasteiger partial charge in [-0.3, -0.25) is 4.79 Å². The Labute approximate surface area is 109 Å². The maximum atomic E-state index is 11.9. The number of likely N-dealkylation sites (N-methyl/N-ethyl adjacent to an activating group) is 1. The third-order valence-electron chi connectivity index (χ3n) is 1.77. The smallest absolute Gasteiger partial charge is 0.255 e. The van der Waals surface area contributed by atoms with Gasteiger partial charge in [-0.1, -0.05) is 0 Å². The van der Waals surface area contributed by atoms with Crippen LogP contribution in [0.15, 0.2) is 13.6 Å². The van der Waals surface area contributed by atoms with E-state index in [0.29, 0.717) is 12.1 Å². The molecule has 15 heavy (non-hydrogen) atoms. The first-order valence-electron chi connectivity index (χ1n) is 4.30. The largest absolute Gasteiger partial charge is 0.392 e. The molecule has 0 bridgehead atoms. The van der Waals surface area contributed by atoms with Gasteiger partial charge in [-0.2, -0.15) is 0 Å². The van der Waals surface area contributed by atoms with Crippen LogP contribution in [0.1, 0.15) is 17.3 Å². The van der Waals surface area contributed by atoms with Crippen molar-refractivity contribution in [1.82, 2.24) is 4.90 Å². The molecule has 3 nitrogen and oxygen atoms in total. The van der Waals surface area contributed by atoms with Crippen LogP contribution in [-0.4, -0.2) is 35.6 Å². The van der Waals surface area contributed by atoms with E-state index >= 15 is 0 Å². The fourth-order valence-electron chi connectivity index (χ4n) is 1.17. The molecular formula is C9H11Br2NO2S. The van der Waals surface area contributed by atoms with E-state index in [4.69, 9.17) is 0 Å². The summed E-state index contributed by atoms with van der Waals surface area (Å²) in [5.74, 6) is -0.0928. The van der Waals surface area contributed by atoms with Gasteiger partial charge in [-0.05, 0) is 44.8 Å². The molecule has 1 atom stereocenters. The zero-order chi connectivity index (χ0) is 11.6. The lowest BCUT2D eigenvalue weighted by Crippen LogP contribution is -2.32. The van der Waals surface area contributed by atoms with Gasteiger partial charge in [-0.15, -0.1) is 11.3 Å². The van der Waals surface area contributed by atoms with Crippen molar-refractivity contribution in [3.63, 3.8) is 0 Å². The standard InChI is InChI=1S/C9H11Br2NO2S/c1-5(13)4-12(2)9(14)6-3-7(10)15-8(6)11/h3,5,13H,4H2,1-2H3. The van der Waals surface area contributed by atoms with Gasteiger partial charge < -0.3 is 10.0 Å². The summed E-state index contributed by atoms with van der Waals surface area (Å²) >= 11 is 8.11. The molecule has 84 valence electrons. The summed E-state index contributed by atoms with van der Waals surface area (Å²) in [5, 5.41) is 9.18. The van der Waals surface area contributed by atoms with Crippen molar-refractivity contribution < 1.29 is 9.90 Å². The van der Waals surface area contributed by atoms with E-state index < -0.39 is 6.10 Å². The van der Waals surface area contributed by atoms with E-state index in [1.54, 1.807) is 20.0 Å². The first-order valence-corrected chi connectivity index (χ1v) is 6.70. The summed E-state index contributed by atoms with van der Waals surface area (Å²) < 4.78 is 1.71. The highest BCUT2D eigenvalue weighted by Crippen LogP contribution is 2.32. The van der Waals surface area contributed by atoms with Crippen LogP contribution in [0.5, 0.6) is 0 Å². The Morgan fingerprint density at radius 1 is 1.67 bits per heavy atom. The number of aliphatic hydroxyl groups excluding tert-OH is 1. The molecule has 1 heterocycles. The molecule has 1 aromatic heterocycles. The van der Waals surface area contributed by atoms with Crippen molar-refractivity contribution in [2.45, 2.75) is 13.0 Å². The van der Waals surface area contributed by atoms with Crippen LogP contribution in [0.2, 0.25) is 0 Å². The summed E-state index contributed by atoms with van der Waals surface area (Å²) in [4.78, 5) is 13.4. The van der Waals surface area contributed by atoms with Crippen LogP contribution >= 0.6 is 43.2 Å². The lowest BCUT2D eigenvalue weighted by molar-refractivity contribution is 0.0703. The number of carbonyl (C=O) groups is 1. The number of nitrogens with zero attached hydrogens (tertiary/aromatic N) is 1. The first-order chi connectivity index (χ1) is 6.91. The Bertz CT molecular complexity index is 365. The molecule has 0 aliphatic heterocycles. The number of hydrogen-bond acceptors (Lipinski definition) is 3. The quantitative estimate of drug-likeness (QED) is 0.904. The van der Waals surface area contributed by atoms with Crippen molar-refractivity contribution in [1.29, 1.82) is 0 Å². The van der Waals surface area contributed by atoms with Crippen LogP contribution in [0.4, 0.5) is 0 Å². The maximum Gasteiger partial charge on any atom is 0.255 e. The third-order valence-corrected chi connectivity index (χ3v) is 4.11. The van der Waals surface area contributed by atoms with Gasteiger partial charge in [0.1, 0.15) is 0 Å². The summed E-state index contributed by atoms with van der Waals surface area (Å²) in [6, 6.07) is 1.77. The highest BCUT2D eigenvalue weighted by molar-refractivity contribution is 9.12. The second kappa shape index (κ2) is 5.43. The van der Waals surface area contributed by atoms with E-state index in [1.807, 2.05) is 0 Å². The lowest BCUT2D eigenvalue weighted by atomic mass is 10.3. The van der Waals surface area contributed by atoms with Crippen molar-refractivity contribution >= 4 is 49.1 Å². The average Bonchev–Trinajstić information content (AvgIpc) is 2.42. The fraction of sp³-hybridized carbons (Fsp3) is 0.444. The fourth-order valence-corrected chi connectivity index (χ4v) is 3.95. The molecule has 0 radical (unpaired) electrons. The molecule has 6 heteroatoms. The van der Waals surface area contributed by atoms with Gasteiger partial charge >= 0.3 is 0 Å². The predicted molar refractivity (Wildman–Crippen MR) is 68.4 cm³/mol. The van der Waals surface area contributed by atoms with Crippen molar-refractivity contribution in [2.75, 3.05) is 13.6 Å². The van der Waals surface area contributed by atoms with E-state index in [-0.39, 0.29) is 5.91 Å². The van der Waals surface area contributed by atoms with E-state index in [1.165, 1.54) is 16.2 Å². The number of halogens is 2. The molecular weight excluding hydrogens is 346 g/mol. The zero-order valence-corrected chi connectivity index (χ0v) is 12.3. The molecule has 0 saturated heterocycles. The van der Waals surface area contributed by atoms with Gasteiger partial charge in [0, 0.05) is 13.6 Å². The maximum absolute atomic E-state index is 11.9. The van der Waals surface area contributed by atoms with Gasteiger partial charge in [0.05, 0.1) is 19.2 Å². The number of thiophene rings is 1. The molecule has 0 aliphatic carbocycles. The number of carbonyl (C=O) groups excluding carboxylic acids is 1. The highest BCUT2D eigenvalue weighted by Gasteiger charge is 2.18. The lowest BCUT2D eigenvalue weighted by Gasteiger charge is -2.18. The Kier molecular flexibility index (Phi) is 4.76. The van der Waals surface area contributed by atoms with Crippen LogP contribution in [-0.2, 0) is 0 Å². The predicted octanol–water partition coefficient (Wildman–Crippen LogP) is 2.73. The van der Waals surface area contributed by atoms with E-state index in [9.17, 15) is 9.90 Å².